The largest absolute Gasteiger partial charge is 0.343 e. The first-order chi connectivity index (χ1) is 12.6. The Morgan fingerprint density at radius 1 is 0.923 bits per heavy atom. The van der Waals surface area contributed by atoms with Crippen LogP contribution in [0, 0.1) is 17.3 Å². The molecule has 3 saturated heterocycles. The lowest BCUT2D eigenvalue weighted by molar-refractivity contribution is -0.148. The third-order valence-electron chi connectivity index (χ3n) is 7.21. The molecular weight excluding hydrogens is 326 g/mol. The third-order valence-corrected chi connectivity index (χ3v) is 7.21. The van der Waals surface area contributed by atoms with Crippen LogP contribution >= 0.6 is 0 Å². The van der Waals surface area contributed by atoms with Crippen LogP contribution < -0.4 is 5.32 Å². The maximum atomic E-state index is 13.3. The summed E-state index contributed by atoms with van der Waals surface area (Å²) in [7, 11) is 0. The second kappa shape index (κ2) is 8.73. The lowest BCUT2D eigenvalue weighted by Gasteiger charge is -2.39. The van der Waals surface area contributed by atoms with Crippen molar-refractivity contribution < 1.29 is 9.59 Å². The van der Waals surface area contributed by atoms with E-state index in [1.54, 1.807) is 0 Å². The number of nitrogens with zero attached hydrogens (tertiary/aromatic N) is 2. The monoisotopic (exact) mass is 363 g/mol. The number of hydrogen-bond donors (Lipinski definition) is 1. The molecule has 0 aromatic heterocycles. The van der Waals surface area contributed by atoms with Crippen molar-refractivity contribution in [3.8, 4) is 0 Å². The molecule has 3 fully saturated rings. The minimum Gasteiger partial charge on any atom is -0.343 e. The molecule has 1 unspecified atom stereocenters. The lowest BCUT2D eigenvalue weighted by atomic mass is 9.80. The number of amides is 2. The van der Waals surface area contributed by atoms with E-state index in [2.05, 4.69) is 24.1 Å². The van der Waals surface area contributed by atoms with Gasteiger partial charge in [0, 0.05) is 39.1 Å². The van der Waals surface area contributed by atoms with Crippen molar-refractivity contribution >= 4 is 11.8 Å². The van der Waals surface area contributed by atoms with E-state index in [0.717, 1.165) is 76.7 Å². The summed E-state index contributed by atoms with van der Waals surface area (Å²) < 4.78 is 0. The quantitative estimate of drug-likeness (QED) is 0.817. The van der Waals surface area contributed by atoms with Gasteiger partial charge in [-0.1, -0.05) is 26.7 Å². The van der Waals surface area contributed by atoms with Crippen LogP contribution in [0.3, 0.4) is 0 Å². The Hall–Kier alpha value is -1.10. The highest BCUT2D eigenvalue weighted by atomic mass is 16.2. The van der Waals surface area contributed by atoms with Gasteiger partial charge in [-0.2, -0.15) is 0 Å². The summed E-state index contributed by atoms with van der Waals surface area (Å²) in [5, 5.41) is 3.36. The second-order valence-electron chi connectivity index (χ2n) is 8.76. The zero-order valence-electron chi connectivity index (χ0n) is 16.8. The Kier molecular flexibility index (Phi) is 6.60. The third kappa shape index (κ3) is 4.24. The molecule has 0 aliphatic carbocycles. The summed E-state index contributed by atoms with van der Waals surface area (Å²) in [4.78, 5) is 30.4. The van der Waals surface area contributed by atoms with E-state index in [4.69, 9.17) is 0 Å². The summed E-state index contributed by atoms with van der Waals surface area (Å²) >= 11 is 0. The highest BCUT2D eigenvalue weighted by Crippen LogP contribution is 2.35. The van der Waals surface area contributed by atoms with Gasteiger partial charge in [0.2, 0.25) is 11.8 Å². The van der Waals surface area contributed by atoms with Crippen molar-refractivity contribution in [1.29, 1.82) is 0 Å². The first kappa shape index (κ1) is 19.7. The summed E-state index contributed by atoms with van der Waals surface area (Å²) in [6.45, 7) is 9.48. The van der Waals surface area contributed by atoms with Crippen LogP contribution in [0.25, 0.3) is 0 Å². The Morgan fingerprint density at radius 2 is 1.46 bits per heavy atom. The van der Waals surface area contributed by atoms with E-state index >= 15 is 0 Å². The topological polar surface area (TPSA) is 52.7 Å². The number of nitrogens with one attached hydrogen (secondary N) is 1. The molecule has 0 bridgehead atoms. The predicted molar refractivity (Wildman–Crippen MR) is 104 cm³/mol. The molecule has 26 heavy (non-hydrogen) atoms. The molecule has 0 spiro atoms. The SMILES string of the molecule is CCC1CCN(C(=O)CC2(C(=O)N3CCC(CC)CC3)CCNC2)CC1. The molecule has 2 amide bonds. The van der Waals surface area contributed by atoms with Crippen LogP contribution in [0.5, 0.6) is 0 Å². The minimum absolute atomic E-state index is 0.194. The van der Waals surface area contributed by atoms with Gasteiger partial charge in [-0.3, -0.25) is 9.59 Å². The predicted octanol–water partition coefficient (Wildman–Crippen LogP) is 2.65. The summed E-state index contributed by atoms with van der Waals surface area (Å²) in [5.41, 5.74) is -0.502. The Balaban J connectivity index is 1.61. The zero-order chi connectivity index (χ0) is 18.6. The minimum atomic E-state index is -0.502. The van der Waals surface area contributed by atoms with E-state index in [-0.39, 0.29) is 11.8 Å². The van der Waals surface area contributed by atoms with Crippen molar-refractivity contribution in [2.75, 3.05) is 39.3 Å². The lowest BCUT2D eigenvalue weighted by Crippen LogP contribution is -2.51. The van der Waals surface area contributed by atoms with Gasteiger partial charge < -0.3 is 15.1 Å². The Bertz CT molecular complexity index is 485. The van der Waals surface area contributed by atoms with Gasteiger partial charge in [0.25, 0.3) is 0 Å². The number of likely N-dealkylation sites (tertiary alicyclic amines) is 2. The number of carbonyl (C=O) groups is 2. The fourth-order valence-electron chi connectivity index (χ4n) is 5.02. The molecule has 0 aromatic rings. The number of hydrogen-bond acceptors (Lipinski definition) is 3. The average molecular weight is 364 g/mol. The van der Waals surface area contributed by atoms with Crippen LogP contribution in [-0.2, 0) is 9.59 Å². The number of rotatable bonds is 5. The van der Waals surface area contributed by atoms with Gasteiger partial charge in [0.05, 0.1) is 5.41 Å². The molecule has 3 heterocycles. The Labute approximate surface area is 158 Å². The van der Waals surface area contributed by atoms with Crippen molar-refractivity contribution in [2.45, 2.75) is 65.2 Å². The van der Waals surface area contributed by atoms with Gasteiger partial charge in [0.15, 0.2) is 0 Å². The molecule has 0 radical (unpaired) electrons. The van der Waals surface area contributed by atoms with Crippen LogP contribution in [0.15, 0.2) is 0 Å². The number of carbonyl (C=O) groups excluding carboxylic acids is 2. The smallest absolute Gasteiger partial charge is 0.230 e. The van der Waals surface area contributed by atoms with Crippen LogP contribution in [0.2, 0.25) is 0 Å². The van der Waals surface area contributed by atoms with E-state index in [1.807, 2.05) is 4.90 Å². The molecule has 148 valence electrons. The van der Waals surface area contributed by atoms with Crippen molar-refractivity contribution in [1.82, 2.24) is 15.1 Å². The first-order valence-corrected chi connectivity index (χ1v) is 10.9. The van der Waals surface area contributed by atoms with E-state index in [0.29, 0.717) is 13.0 Å². The highest BCUT2D eigenvalue weighted by molar-refractivity contribution is 5.89. The molecule has 0 saturated carbocycles. The molecule has 1 N–H and O–H groups in total. The Morgan fingerprint density at radius 3 is 1.92 bits per heavy atom. The van der Waals surface area contributed by atoms with Gasteiger partial charge in [-0.25, -0.2) is 0 Å². The molecule has 5 nitrogen and oxygen atoms in total. The maximum absolute atomic E-state index is 13.3. The second-order valence-corrected chi connectivity index (χ2v) is 8.76. The van der Waals surface area contributed by atoms with Crippen LogP contribution in [0.4, 0.5) is 0 Å². The molecule has 3 aliphatic rings. The standard InChI is InChI=1S/C21H37N3O2/c1-3-17-5-11-23(12-6-17)19(25)15-21(9-10-22-16-21)20(26)24-13-7-18(4-2)8-14-24/h17-18,22H,3-16H2,1-2H3. The fourth-order valence-corrected chi connectivity index (χ4v) is 5.02. The van der Waals surface area contributed by atoms with Gasteiger partial charge >= 0.3 is 0 Å². The van der Waals surface area contributed by atoms with Crippen molar-refractivity contribution in [2.24, 2.45) is 17.3 Å². The normalized spacial score (nSPS) is 28.5. The molecule has 3 aliphatic heterocycles. The fraction of sp³-hybridized carbons (Fsp3) is 0.905. The van der Waals surface area contributed by atoms with Crippen molar-refractivity contribution in [3.05, 3.63) is 0 Å². The van der Waals surface area contributed by atoms with E-state index in [1.165, 1.54) is 12.8 Å². The van der Waals surface area contributed by atoms with Gasteiger partial charge in [0.1, 0.15) is 0 Å². The van der Waals surface area contributed by atoms with Crippen molar-refractivity contribution in [3.63, 3.8) is 0 Å². The summed E-state index contributed by atoms with van der Waals surface area (Å²) in [6.07, 6.45) is 8.08. The zero-order valence-corrected chi connectivity index (χ0v) is 16.8. The van der Waals surface area contributed by atoms with Gasteiger partial charge in [-0.05, 0) is 50.5 Å². The molecular formula is C21H37N3O2. The summed E-state index contributed by atoms with van der Waals surface area (Å²) in [6, 6.07) is 0. The van der Waals surface area contributed by atoms with Gasteiger partial charge in [-0.15, -0.1) is 0 Å². The van der Waals surface area contributed by atoms with E-state index in [9.17, 15) is 9.59 Å². The van der Waals surface area contributed by atoms with Crippen LogP contribution in [0.1, 0.15) is 65.2 Å². The molecule has 0 aromatic carbocycles. The average Bonchev–Trinajstić information content (AvgIpc) is 3.17. The van der Waals surface area contributed by atoms with E-state index < -0.39 is 5.41 Å². The highest BCUT2D eigenvalue weighted by Gasteiger charge is 2.46. The molecule has 5 heteroatoms. The van der Waals surface area contributed by atoms with Crippen LogP contribution in [-0.4, -0.2) is 60.9 Å². The molecule has 1 atom stereocenters. The maximum Gasteiger partial charge on any atom is 0.230 e. The molecule has 3 rings (SSSR count). The number of piperidine rings is 2. The summed E-state index contributed by atoms with van der Waals surface area (Å²) in [5.74, 6) is 1.95. The first-order valence-electron chi connectivity index (χ1n) is 10.9.